The molecule has 1 aliphatic carbocycles. The highest BCUT2D eigenvalue weighted by Gasteiger charge is 2.50. The minimum Gasteiger partial charge on any atom is -0.461 e. The highest BCUT2D eigenvalue weighted by Crippen LogP contribution is 2.49. The summed E-state index contributed by atoms with van der Waals surface area (Å²) in [4.78, 5) is 31.0. The Labute approximate surface area is 279 Å². The van der Waals surface area contributed by atoms with Gasteiger partial charge in [-0.05, 0) is 57.3 Å². The van der Waals surface area contributed by atoms with Crippen molar-refractivity contribution in [3.63, 3.8) is 0 Å². The average Bonchev–Trinajstić information content (AvgIpc) is 3.77. The van der Waals surface area contributed by atoms with E-state index in [1.54, 1.807) is 30.9 Å². The van der Waals surface area contributed by atoms with Crippen LogP contribution in [-0.2, 0) is 38.0 Å². The number of aryl methyl sites for hydroxylation is 2. The van der Waals surface area contributed by atoms with Gasteiger partial charge in [0, 0.05) is 64.2 Å². The van der Waals surface area contributed by atoms with Gasteiger partial charge in [0.05, 0.1) is 29.0 Å². The fourth-order valence-corrected chi connectivity index (χ4v) is 9.07. The third-order valence-electron chi connectivity index (χ3n) is 11.5. The van der Waals surface area contributed by atoms with E-state index in [4.69, 9.17) is 14.7 Å². The van der Waals surface area contributed by atoms with Crippen LogP contribution in [0.15, 0.2) is 18.2 Å². The highest BCUT2D eigenvalue weighted by atomic mass is 19.1. The first-order valence-electron chi connectivity index (χ1n) is 17.0. The molecule has 2 fully saturated rings. The van der Waals surface area contributed by atoms with Gasteiger partial charge in [0.25, 0.3) is 5.91 Å². The number of nitriles is 1. The number of halogens is 2. The highest BCUT2D eigenvalue weighted by molar-refractivity contribution is 5.94. The van der Waals surface area contributed by atoms with Gasteiger partial charge in [-0.1, -0.05) is 12.1 Å². The molecule has 2 saturated heterocycles. The maximum atomic E-state index is 15.5. The summed E-state index contributed by atoms with van der Waals surface area (Å²) in [6.07, 6.45) is 4.23. The van der Waals surface area contributed by atoms with Crippen LogP contribution < -0.4 is 9.64 Å². The zero-order valence-corrected chi connectivity index (χ0v) is 27.8. The molecular weight excluding hydrogens is 616 g/mol. The van der Waals surface area contributed by atoms with Gasteiger partial charge in [-0.25, -0.2) is 8.78 Å². The minimum atomic E-state index is -0.873. The van der Waals surface area contributed by atoms with Crippen LogP contribution in [0.3, 0.4) is 0 Å². The molecule has 11 nitrogen and oxygen atoms in total. The van der Waals surface area contributed by atoms with Crippen molar-refractivity contribution in [1.82, 2.24) is 34.4 Å². The minimum absolute atomic E-state index is 0.153. The second-order valence-electron chi connectivity index (χ2n) is 14.4. The van der Waals surface area contributed by atoms with Crippen LogP contribution in [0.2, 0.25) is 0 Å². The molecular formula is C35H41F2N9O2. The number of amides is 1. The Balaban J connectivity index is 1.20. The summed E-state index contributed by atoms with van der Waals surface area (Å²) in [5.74, 6) is 0.201. The number of rotatable bonds is 5. The molecule has 3 aromatic rings. The van der Waals surface area contributed by atoms with Crippen LogP contribution in [0.5, 0.6) is 6.01 Å². The van der Waals surface area contributed by atoms with Crippen molar-refractivity contribution in [3.8, 4) is 12.1 Å². The lowest BCUT2D eigenvalue weighted by atomic mass is 9.80. The van der Waals surface area contributed by atoms with Crippen LogP contribution in [-0.4, -0.2) is 99.5 Å². The Bertz CT molecular complexity index is 1840. The number of ether oxygens (including phenoxy) is 1. The number of fused-ring (bicyclic) bond motifs is 5. The number of alkyl halides is 1. The van der Waals surface area contributed by atoms with Crippen LogP contribution in [0.4, 0.5) is 14.6 Å². The lowest BCUT2D eigenvalue weighted by molar-refractivity contribution is 0.0820. The topological polar surface area (TPSA) is 107 Å². The molecule has 6 heterocycles. The van der Waals surface area contributed by atoms with Gasteiger partial charge in [-0.2, -0.15) is 20.3 Å². The van der Waals surface area contributed by atoms with E-state index in [9.17, 15) is 14.4 Å². The molecule has 48 heavy (non-hydrogen) atoms. The van der Waals surface area contributed by atoms with Crippen LogP contribution in [0, 0.1) is 17.1 Å². The molecule has 4 aliphatic heterocycles. The first-order valence-corrected chi connectivity index (χ1v) is 17.0. The Kier molecular flexibility index (Phi) is 7.45. The maximum Gasteiger partial charge on any atom is 0.318 e. The van der Waals surface area contributed by atoms with Crippen molar-refractivity contribution >= 4 is 11.7 Å². The predicted molar refractivity (Wildman–Crippen MR) is 173 cm³/mol. The second-order valence-corrected chi connectivity index (χ2v) is 14.4. The Morgan fingerprint density at radius 3 is 2.83 bits per heavy atom. The third-order valence-corrected chi connectivity index (χ3v) is 11.5. The van der Waals surface area contributed by atoms with Gasteiger partial charge in [-0.3, -0.25) is 19.3 Å². The van der Waals surface area contributed by atoms with E-state index in [-0.39, 0.29) is 34.5 Å². The molecule has 2 aromatic heterocycles. The number of likely N-dealkylation sites (N-methyl/N-ethyl adjacent to an activating group) is 1. The van der Waals surface area contributed by atoms with E-state index in [2.05, 4.69) is 25.9 Å². The number of anilines is 1. The predicted octanol–water partition coefficient (Wildman–Crippen LogP) is 3.58. The lowest BCUT2D eigenvalue weighted by Gasteiger charge is -2.44. The van der Waals surface area contributed by atoms with E-state index in [1.807, 2.05) is 13.1 Å². The Morgan fingerprint density at radius 1 is 1.17 bits per heavy atom. The summed E-state index contributed by atoms with van der Waals surface area (Å²) >= 11 is 0. The second kappa shape index (κ2) is 11.5. The van der Waals surface area contributed by atoms with Crippen molar-refractivity contribution < 1.29 is 18.3 Å². The van der Waals surface area contributed by atoms with E-state index in [0.29, 0.717) is 63.7 Å². The molecule has 5 aliphatic rings. The summed E-state index contributed by atoms with van der Waals surface area (Å²) in [7, 11) is 5.34. The van der Waals surface area contributed by atoms with Crippen molar-refractivity contribution in [2.24, 2.45) is 0 Å². The molecule has 8 rings (SSSR count). The van der Waals surface area contributed by atoms with E-state index in [1.165, 1.54) is 4.90 Å². The maximum absolute atomic E-state index is 15.5. The van der Waals surface area contributed by atoms with Gasteiger partial charge in [-0.15, -0.1) is 0 Å². The van der Waals surface area contributed by atoms with Crippen LogP contribution >= 0.6 is 0 Å². The van der Waals surface area contributed by atoms with E-state index < -0.39 is 11.7 Å². The molecule has 0 saturated carbocycles. The first-order chi connectivity index (χ1) is 23.1. The summed E-state index contributed by atoms with van der Waals surface area (Å²) in [5.41, 5.74) is 3.74. The molecule has 252 valence electrons. The average molecular weight is 658 g/mol. The zero-order chi connectivity index (χ0) is 33.4. The summed E-state index contributed by atoms with van der Waals surface area (Å²) in [5, 5.41) is 14.8. The fourth-order valence-electron chi connectivity index (χ4n) is 9.07. The number of carbonyl (C=O) groups excluding carboxylic acids is 1. The normalized spacial score (nSPS) is 26.5. The molecule has 0 unspecified atom stereocenters. The van der Waals surface area contributed by atoms with Gasteiger partial charge >= 0.3 is 6.01 Å². The zero-order valence-electron chi connectivity index (χ0n) is 27.8. The van der Waals surface area contributed by atoms with E-state index in [0.717, 1.165) is 61.0 Å². The van der Waals surface area contributed by atoms with Gasteiger partial charge < -0.3 is 14.5 Å². The molecule has 0 bridgehead atoms. The molecule has 1 amide bonds. The van der Waals surface area contributed by atoms with Crippen molar-refractivity contribution in [2.75, 3.05) is 52.3 Å². The van der Waals surface area contributed by atoms with Gasteiger partial charge in [0.15, 0.2) is 5.69 Å². The SMILES string of the molecule is CN(C)C(=O)c1nn2c(c1C#N)CN(c1nc(OC[C@@]34CCCN3C[C@H](F)C4)nc3c1CN(C)[C@@]1(CCc4cccc(F)c41)C3)CCC2. The Hall–Kier alpha value is -4.15. The number of carbonyl (C=O) groups is 1. The smallest absolute Gasteiger partial charge is 0.318 e. The molecule has 1 spiro atoms. The summed E-state index contributed by atoms with van der Waals surface area (Å²) in [6.45, 7) is 3.62. The lowest BCUT2D eigenvalue weighted by Crippen LogP contribution is -2.48. The first kappa shape index (κ1) is 31.1. The van der Waals surface area contributed by atoms with Gasteiger partial charge in [0.1, 0.15) is 36.0 Å². The van der Waals surface area contributed by atoms with Crippen LogP contribution in [0.1, 0.15) is 76.2 Å². The molecule has 0 N–H and O–H groups in total. The standard InChI is InChI=1S/C35H41F2N9O2/c1-42(2)32(47)30-24(17-38)28-20-44(12-6-14-46(28)41-30)31-25-19-43(3)35(11-9-22-7-4-8-26(37)29(22)35)16-27(25)39-33(40-31)48-21-34-10-5-13-45(34)18-23(36)15-34/h4,7-8,23H,5-6,9-16,18-21H2,1-3H3/t23-,34+,35+/m1/s1. The third kappa shape index (κ3) is 4.78. The fraction of sp³-hybridized carbons (Fsp3) is 0.571. The number of hydrogen-bond donors (Lipinski definition) is 0. The number of benzene rings is 1. The van der Waals surface area contributed by atoms with E-state index >= 15 is 4.39 Å². The van der Waals surface area contributed by atoms with Gasteiger partial charge in [0.2, 0.25) is 0 Å². The largest absolute Gasteiger partial charge is 0.461 e. The quantitative estimate of drug-likeness (QED) is 0.407. The van der Waals surface area contributed by atoms with Crippen molar-refractivity contribution in [2.45, 2.75) is 81.8 Å². The van der Waals surface area contributed by atoms with Crippen molar-refractivity contribution in [1.29, 1.82) is 5.26 Å². The van der Waals surface area contributed by atoms with Crippen LogP contribution in [0.25, 0.3) is 0 Å². The molecule has 0 radical (unpaired) electrons. The number of aromatic nitrogens is 4. The Morgan fingerprint density at radius 2 is 2.02 bits per heavy atom. The number of hydrogen-bond acceptors (Lipinski definition) is 9. The molecule has 1 aromatic carbocycles. The molecule has 3 atom stereocenters. The monoisotopic (exact) mass is 657 g/mol. The van der Waals surface area contributed by atoms with Crippen molar-refractivity contribution in [3.05, 3.63) is 63.4 Å². The number of nitrogens with zero attached hydrogens (tertiary/aromatic N) is 9. The summed E-state index contributed by atoms with van der Waals surface area (Å²) in [6, 6.07) is 7.83. The summed E-state index contributed by atoms with van der Waals surface area (Å²) < 4.78 is 38.4. The molecule has 13 heteroatoms.